The van der Waals surface area contributed by atoms with E-state index in [9.17, 15) is 25.2 Å². The summed E-state index contributed by atoms with van der Waals surface area (Å²) in [7, 11) is 0. The highest BCUT2D eigenvalue weighted by Gasteiger charge is 2.32. The first-order chi connectivity index (χ1) is 17.1. The third kappa shape index (κ3) is 6.72. The molecule has 0 bridgehead atoms. The van der Waals surface area contributed by atoms with Gasteiger partial charge in [0.1, 0.15) is 28.9 Å². The summed E-state index contributed by atoms with van der Waals surface area (Å²) < 4.78 is 5.88. The summed E-state index contributed by atoms with van der Waals surface area (Å²) in [6, 6.07) is 5.57. The fraction of sp³-hybridized carbons (Fsp3) is 0.367. The summed E-state index contributed by atoms with van der Waals surface area (Å²) in [6.07, 6.45) is 9.91. The Balaban J connectivity index is 1.69. The molecule has 0 aromatic heterocycles. The monoisotopic (exact) mass is 492 g/mol. The first-order valence-corrected chi connectivity index (χ1v) is 12.3. The van der Waals surface area contributed by atoms with E-state index in [1.807, 2.05) is 13.0 Å². The maximum Gasteiger partial charge on any atom is 0.174 e. The molecule has 0 aliphatic carbocycles. The van der Waals surface area contributed by atoms with E-state index >= 15 is 0 Å². The first-order valence-electron chi connectivity index (χ1n) is 12.3. The van der Waals surface area contributed by atoms with Gasteiger partial charge in [0.15, 0.2) is 17.3 Å². The number of phenols is 4. The standard InChI is InChI=1S/C30H36O6/c1-18(2)7-5-8-19(3)9-6-10-20(4)11-13-22-24(32)16-28-29(30(22)35)26(34)17-27(36-28)21-12-14-23(31)25(33)15-21/h7,9,11-12,14-16,27,31-33,35H,5-6,8,10,13,17H2,1-4H3/b19-9+,20-11+/t27-/m0/s1. The SMILES string of the molecule is CC(C)=CCC/C(C)=C/CC/C(C)=C/Cc1c(O)cc2c(c1O)C(=O)C[C@@H](c1ccc(O)c(O)c1)O2. The molecule has 1 aliphatic heterocycles. The molecule has 0 saturated carbocycles. The number of phenolic OH excluding ortho intramolecular Hbond substituents is 4. The number of carbonyl (C=O) groups is 1. The number of ether oxygens (including phenoxy) is 1. The van der Waals surface area contributed by atoms with Crippen molar-refractivity contribution in [2.24, 2.45) is 0 Å². The van der Waals surface area contributed by atoms with Crippen LogP contribution in [0.1, 0.15) is 87.4 Å². The van der Waals surface area contributed by atoms with Crippen molar-refractivity contribution >= 4 is 5.78 Å². The molecule has 0 saturated heterocycles. The summed E-state index contributed by atoms with van der Waals surface area (Å²) in [5.41, 5.74) is 4.69. The van der Waals surface area contributed by atoms with Crippen LogP contribution in [0, 0.1) is 0 Å². The van der Waals surface area contributed by atoms with E-state index in [0.717, 1.165) is 31.3 Å². The molecule has 2 aromatic rings. The van der Waals surface area contributed by atoms with Gasteiger partial charge in [0.25, 0.3) is 0 Å². The highest BCUT2D eigenvalue weighted by atomic mass is 16.5. The Morgan fingerprint density at radius 1 is 0.889 bits per heavy atom. The molecule has 192 valence electrons. The lowest BCUT2D eigenvalue weighted by Gasteiger charge is -2.27. The van der Waals surface area contributed by atoms with E-state index in [2.05, 4.69) is 32.9 Å². The van der Waals surface area contributed by atoms with Crippen LogP contribution in [-0.2, 0) is 6.42 Å². The Morgan fingerprint density at radius 2 is 1.56 bits per heavy atom. The second kappa shape index (κ2) is 11.8. The van der Waals surface area contributed by atoms with E-state index in [0.29, 0.717) is 17.5 Å². The van der Waals surface area contributed by atoms with E-state index in [1.54, 1.807) is 6.07 Å². The minimum Gasteiger partial charge on any atom is -0.507 e. The van der Waals surface area contributed by atoms with Gasteiger partial charge in [-0.2, -0.15) is 0 Å². The number of ketones is 1. The summed E-state index contributed by atoms with van der Waals surface area (Å²) in [4.78, 5) is 12.9. The molecule has 36 heavy (non-hydrogen) atoms. The van der Waals surface area contributed by atoms with Gasteiger partial charge in [-0.1, -0.05) is 41.0 Å². The highest BCUT2D eigenvalue weighted by Crippen LogP contribution is 2.45. The van der Waals surface area contributed by atoms with Crippen LogP contribution < -0.4 is 4.74 Å². The minimum absolute atomic E-state index is 0.0385. The molecular formula is C30H36O6. The molecule has 6 nitrogen and oxygen atoms in total. The third-order valence-electron chi connectivity index (χ3n) is 6.41. The molecule has 1 aliphatic rings. The van der Waals surface area contributed by atoms with Crippen LogP contribution >= 0.6 is 0 Å². The van der Waals surface area contributed by atoms with Gasteiger partial charge in [0, 0.05) is 11.6 Å². The van der Waals surface area contributed by atoms with Crippen LogP contribution in [0.4, 0.5) is 0 Å². The predicted molar refractivity (Wildman–Crippen MR) is 141 cm³/mol. The zero-order valence-electron chi connectivity index (χ0n) is 21.5. The van der Waals surface area contributed by atoms with Gasteiger partial charge >= 0.3 is 0 Å². The van der Waals surface area contributed by atoms with Crippen molar-refractivity contribution in [1.82, 2.24) is 0 Å². The topological polar surface area (TPSA) is 107 Å². The second-order valence-corrected chi connectivity index (χ2v) is 9.74. The molecule has 0 unspecified atom stereocenters. The number of Topliss-reactive ketones (excluding diaryl/α,β-unsaturated/α-hetero) is 1. The number of carbonyl (C=O) groups excluding carboxylic acids is 1. The molecule has 4 N–H and O–H groups in total. The summed E-state index contributed by atoms with van der Waals surface area (Å²) in [6.45, 7) is 8.38. The number of aromatic hydroxyl groups is 4. The van der Waals surface area contributed by atoms with Crippen molar-refractivity contribution in [3.63, 3.8) is 0 Å². The average Bonchev–Trinajstić information content (AvgIpc) is 2.79. The van der Waals surface area contributed by atoms with Crippen LogP contribution in [0.25, 0.3) is 0 Å². The molecule has 6 heteroatoms. The Kier molecular flexibility index (Phi) is 8.86. The molecular weight excluding hydrogens is 456 g/mol. The second-order valence-electron chi connectivity index (χ2n) is 9.74. The van der Waals surface area contributed by atoms with E-state index in [-0.39, 0.29) is 46.5 Å². The number of benzene rings is 2. The number of hydrogen-bond donors (Lipinski definition) is 4. The summed E-state index contributed by atoms with van der Waals surface area (Å²) in [5, 5.41) is 40.7. The lowest BCUT2D eigenvalue weighted by molar-refractivity contribution is 0.0844. The fourth-order valence-electron chi connectivity index (χ4n) is 4.24. The molecule has 1 atom stereocenters. The Bertz CT molecular complexity index is 1210. The maximum atomic E-state index is 12.9. The predicted octanol–water partition coefficient (Wildman–Crippen LogP) is 7.18. The van der Waals surface area contributed by atoms with Crippen LogP contribution in [-0.4, -0.2) is 26.2 Å². The Hall–Kier alpha value is -3.67. The molecule has 0 spiro atoms. The van der Waals surface area contributed by atoms with Crippen LogP contribution in [0.3, 0.4) is 0 Å². The Morgan fingerprint density at radius 3 is 2.22 bits per heavy atom. The minimum atomic E-state index is -0.707. The van der Waals surface area contributed by atoms with Gasteiger partial charge in [-0.15, -0.1) is 0 Å². The average molecular weight is 493 g/mol. The van der Waals surface area contributed by atoms with Crippen LogP contribution in [0.15, 0.2) is 59.2 Å². The summed E-state index contributed by atoms with van der Waals surface area (Å²) >= 11 is 0. The van der Waals surface area contributed by atoms with Gasteiger partial charge in [0.2, 0.25) is 0 Å². The molecule has 1 heterocycles. The van der Waals surface area contributed by atoms with Gasteiger partial charge < -0.3 is 25.2 Å². The van der Waals surface area contributed by atoms with E-state index < -0.39 is 6.10 Å². The molecule has 0 amide bonds. The lowest BCUT2D eigenvalue weighted by Crippen LogP contribution is -2.21. The smallest absolute Gasteiger partial charge is 0.174 e. The molecule has 0 radical (unpaired) electrons. The van der Waals surface area contributed by atoms with Crippen molar-refractivity contribution in [2.45, 2.75) is 72.3 Å². The van der Waals surface area contributed by atoms with Gasteiger partial charge in [0.05, 0.1) is 6.42 Å². The number of rotatable bonds is 9. The van der Waals surface area contributed by atoms with Crippen LogP contribution in [0.2, 0.25) is 0 Å². The first kappa shape index (κ1) is 26.9. The van der Waals surface area contributed by atoms with Gasteiger partial charge in [-0.05, 0) is 77.5 Å². The van der Waals surface area contributed by atoms with Crippen molar-refractivity contribution in [2.75, 3.05) is 0 Å². The quantitative estimate of drug-likeness (QED) is 0.218. The fourth-order valence-corrected chi connectivity index (χ4v) is 4.24. The van der Waals surface area contributed by atoms with Crippen molar-refractivity contribution in [3.05, 3.63) is 75.9 Å². The van der Waals surface area contributed by atoms with Crippen molar-refractivity contribution < 1.29 is 30.0 Å². The summed E-state index contributed by atoms with van der Waals surface area (Å²) in [5.74, 6) is -1.21. The molecule has 3 rings (SSSR count). The van der Waals surface area contributed by atoms with E-state index in [4.69, 9.17) is 4.74 Å². The molecule has 0 fully saturated rings. The zero-order chi connectivity index (χ0) is 26.4. The largest absolute Gasteiger partial charge is 0.507 e. The van der Waals surface area contributed by atoms with Crippen molar-refractivity contribution in [1.29, 1.82) is 0 Å². The zero-order valence-corrected chi connectivity index (χ0v) is 21.5. The Labute approximate surface area is 212 Å². The number of hydrogen-bond acceptors (Lipinski definition) is 6. The lowest BCUT2D eigenvalue weighted by atomic mass is 9.92. The normalized spacial score (nSPS) is 15.9. The van der Waals surface area contributed by atoms with E-state index in [1.165, 1.54) is 29.3 Å². The third-order valence-corrected chi connectivity index (χ3v) is 6.41. The highest BCUT2D eigenvalue weighted by molar-refractivity contribution is 6.03. The van der Waals surface area contributed by atoms with Crippen molar-refractivity contribution in [3.8, 4) is 28.7 Å². The molecule has 2 aromatic carbocycles. The van der Waals surface area contributed by atoms with Gasteiger partial charge in [-0.3, -0.25) is 4.79 Å². The number of allylic oxidation sites excluding steroid dienone is 6. The van der Waals surface area contributed by atoms with Gasteiger partial charge in [-0.25, -0.2) is 0 Å². The maximum absolute atomic E-state index is 12.9. The van der Waals surface area contributed by atoms with Crippen LogP contribution in [0.5, 0.6) is 28.7 Å². The number of fused-ring (bicyclic) bond motifs is 1.